The second-order valence-corrected chi connectivity index (χ2v) is 11.2. The number of benzene rings is 2. The zero-order valence-electron chi connectivity index (χ0n) is 23.4. The molecule has 1 unspecified atom stereocenters. The van der Waals surface area contributed by atoms with Crippen LogP contribution >= 0.6 is 11.6 Å². The zero-order chi connectivity index (χ0) is 30.1. The van der Waals surface area contributed by atoms with Gasteiger partial charge in [-0.3, -0.25) is 14.4 Å². The lowest BCUT2D eigenvalue weighted by Gasteiger charge is -2.38. The summed E-state index contributed by atoms with van der Waals surface area (Å²) in [6, 6.07) is 11.8. The molecule has 0 radical (unpaired) electrons. The number of aromatic amines is 1. The van der Waals surface area contributed by atoms with Gasteiger partial charge >= 0.3 is 5.56 Å². The molecule has 0 aliphatic carbocycles. The maximum atomic E-state index is 15.3. The van der Waals surface area contributed by atoms with Crippen LogP contribution in [-0.4, -0.2) is 39.0 Å². The number of H-pyrrole nitrogens is 1. The van der Waals surface area contributed by atoms with Gasteiger partial charge in [-0.1, -0.05) is 23.7 Å². The predicted octanol–water partition coefficient (Wildman–Crippen LogP) is 5.37. The molecule has 0 bridgehead atoms. The summed E-state index contributed by atoms with van der Waals surface area (Å²) in [6.07, 6.45) is 1.22. The lowest BCUT2D eigenvalue weighted by Crippen LogP contribution is -2.52. The molecule has 1 aliphatic rings. The van der Waals surface area contributed by atoms with Crippen molar-refractivity contribution in [1.82, 2.24) is 20.4 Å². The van der Waals surface area contributed by atoms with Gasteiger partial charge in [-0.2, -0.15) is 10.4 Å². The van der Waals surface area contributed by atoms with Crippen molar-refractivity contribution >= 4 is 23.4 Å². The molecule has 4 rings (SSSR count). The predicted molar refractivity (Wildman–Crippen MR) is 151 cm³/mol. The Morgan fingerprint density at radius 3 is 2.63 bits per heavy atom. The van der Waals surface area contributed by atoms with Crippen LogP contribution in [0.25, 0.3) is 0 Å². The van der Waals surface area contributed by atoms with Gasteiger partial charge in [0.15, 0.2) is 5.75 Å². The third-order valence-electron chi connectivity index (χ3n) is 7.41. The van der Waals surface area contributed by atoms with Crippen molar-refractivity contribution in [3.63, 3.8) is 0 Å². The van der Waals surface area contributed by atoms with E-state index in [9.17, 15) is 19.6 Å². The number of likely N-dealkylation sites (tertiary alicyclic amines) is 1. The third kappa shape index (κ3) is 6.10. The van der Waals surface area contributed by atoms with E-state index in [4.69, 9.17) is 16.3 Å². The highest BCUT2D eigenvalue weighted by molar-refractivity contribution is 6.30. The molecule has 0 saturated carbocycles. The van der Waals surface area contributed by atoms with Crippen LogP contribution < -0.4 is 15.6 Å². The number of ether oxygens (including phenoxy) is 1. The molecule has 2 N–H and O–H groups in total. The molecule has 2 heterocycles. The molecular weight excluding hydrogens is 549 g/mol. The fourth-order valence-corrected chi connectivity index (χ4v) is 5.33. The molecule has 11 heteroatoms. The highest BCUT2D eigenvalue weighted by Crippen LogP contribution is 2.43. The monoisotopic (exact) mass is 579 g/mol. The Balaban J connectivity index is 1.57. The number of aryl methyl sites for hydroxylation is 1. The van der Waals surface area contributed by atoms with Gasteiger partial charge in [0.2, 0.25) is 5.91 Å². The third-order valence-corrected chi connectivity index (χ3v) is 7.65. The van der Waals surface area contributed by atoms with Crippen molar-refractivity contribution in [2.24, 2.45) is 5.41 Å². The first-order chi connectivity index (χ1) is 19.3. The minimum absolute atomic E-state index is 0.0156. The van der Waals surface area contributed by atoms with Crippen LogP contribution in [0.15, 0.2) is 47.3 Å². The maximum absolute atomic E-state index is 15.3. The summed E-state index contributed by atoms with van der Waals surface area (Å²) in [5, 5.41) is 19.1. The first kappa shape index (κ1) is 29.7. The Bertz CT molecular complexity index is 1600. The van der Waals surface area contributed by atoms with Gasteiger partial charge in [0, 0.05) is 16.7 Å². The number of hydrogen-bond donors (Lipinski definition) is 2. The fraction of sp³-hybridized carbons (Fsp3) is 0.367. The molecule has 41 heavy (non-hydrogen) atoms. The lowest BCUT2D eigenvalue weighted by molar-refractivity contribution is -0.137. The van der Waals surface area contributed by atoms with Crippen LogP contribution in [0.2, 0.25) is 5.02 Å². The highest BCUT2D eigenvalue weighted by Gasteiger charge is 2.46. The molecule has 1 saturated heterocycles. The highest BCUT2D eigenvalue weighted by atomic mass is 35.5. The topological polar surface area (TPSA) is 128 Å². The number of carbonyl (C=O) groups excluding carboxylic acids is 2. The minimum Gasteiger partial charge on any atom is -0.451 e. The average molecular weight is 580 g/mol. The molecule has 214 valence electrons. The number of aromatic nitrogens is 2. The van der Waals surface area contributed by atoms with Crippen LogP contribution in [0.3, 0.4) is 0 Å². The van der Waals surface area contributed by atoms with Gasteiger partial charge in [0.05, 0.1) is 34.8 Å². The first-order valence-electron chi connectivity index (χ1n) is 13.2. The van der Waals surface area contributed by atoms with Crippen LogP contribution in [0.4, 0.5) is 4.39 Å². The fourth-order valence-electron chi connectivity index (χ4n) is 5.13. The molecule has 1 aromatic heterocycles. The maximum Gasteiger partial charge on any atom is 0.307 e. The molecule has 3 aromatic rings. The number of nitrogens with one attached hydrogen (secondary N) is 2. The average Bonchev–Trinajstić information content (AvgIpc) is 3.39. The second-order valence-electron chi connectivity index (χ2n) is 10.8. The van der Waals surface area contributed by atoms with E-state index in [0.717, 1.165) is 5.56 Å². The molecule has 3 atom stereocenters. The lowest BCUT2D eigenvalue weighted by atomic mass is 9.84. The first-order valence-corrected chi connectivity index (χ1v) is 13.5. The number of nitrogens with zero attached hydrogens (tertiary/aromatic N) is 3. The number of hydrogen-bond acceptors (Lipinski definition) is 6. The van der Waals surface area contributed by atoms with Gasteiger partial charge < -0.3 is 15.0 Å². The number of nitriles is 1. The number of carbonyl (C=O) groups is 2. The summed E-state index contributed by atoms with van der Waals surface area (Å²) in [4.78, 5) is 40.7. The van der Waals surface area contributed by atoms with Crippen molar-refractivity contribution in [2.45, 2.75) is 65.6 Å². The summed E-state index contributed by atoms with van der Waals surface area (Å²) in [7, 11) is 0. The van der Waals surface area contributed by atoms with Crippen molar-refractivity contribution in [3.05, 3.63) is 86.0 Å². The summed E-state index contributed by atoms with van der Waals surface area (Å²) in [5.74, 6) is -2.03. The van der Waals surface area contributed by atoms with E-state index in [0.29, 0.717) is 23.6 Å². The molecule has 2 amide bonds. The summed E-state index contributed by atoms with van der Waals surface area (Å²) < 4.78 is 20.9. The SMILES string of the molecule is Cc1cc(Oc2ccc(C(=O)N[C@H](C)C(=O)N3C(C(C)(C)C#N)CC[C@H]3c3cccc(Cl)c3)c(F)c2C)c(=O)[nH]n1. The van der Waals surface area contributed by atoms with Crippen molar-refractivity contribution in [3.8, 4) is 17.6 Å². The van der Waals surface area contributed by atoms with E-state index in [2.05, 4.69) is 21.6 Å². The summed E-state index contributed by atoms with van der Waals surface area (Å²) in [6.45, 7) is 8.18. The minimum atomic E-state index is -1.02. The van der Waals surface area contributed by atoms with Gasteiger partial charge in [-0.05, 0) is 77.3 Å². The van der Waals surface area contributed by atoms with E-state index in [1.165, 1.54) is 32.0 Å². The summed E-state index contributed by atoms with van der Waals surface area (Å²) >= 11 is 6.22. The zero-order valence-corrected chi connectivity index (χ0v) is 24.2. The van der Waals surface area contributed by atoms with Crippen molar-refractivity contribution < 1.29 is 18.7 Å². The Labute approximate surface area is 242 Å². The van der Waals surface area contributed by atoms with Crippen LogP contribution in [0.1, 0.15) is 66.8 Å². The molecule has 9 nitrogen and oxygen atoms in total. The van der Waals surface area contributed by atoms with Crippen molar-refractivity contribution in [1.29, 1.82) is 5.26 Å². The van der Waals surface area contributed by atoms with Gasteiger partial charge in [-0.25, -0.2) is 9.49 Å². The van der Waals surface area contributed by atoms with E-state index in [1.54, 1.807) is 43.9 Å². The number of halogens is 2. The standard InChI is InChI=1S/C30H31ClFN5O4/c1-16-13-24(28(39)36-35-16)41-23-11-9-21(26(32)17(23)2)27(38)34-18(3)29(40)37-22(19-7-6-8-20(31)14-19)10-12-25(37)30(4,5)15-33/h6-9,11,13-14,18,22,25H,10,12H2,1-5H3,(H,34,38)(H,36,39)/t18-,22+,25?/m1/s1. The number of amides is 2. The van der Waals surface area contributed by atoms with Crippen molar-refractivity contribution in [2.75, 3.05) is 0 Å². The van der Waals surface area contributed by atoms with Gasteiger partial charge in [0.1, 0.15) is 17.6 Å². The van der Waals surface area contributed by atoms with Crippen LogP contribution in [0.5, 0.6) is 11.5 Å². The van der Waals surface area contributed by atoms with E-state index >= 15 is 4.39 Å². The smallest absolute Gasteiger partial charge is 0.307 e. The van der Waals surface area contributed by atoms with Gasteiger partial charge in [0.25, 0.3) is 5.91 Å². The Morgan fingerprint density at radius 1 is 1.22 bits per heavy atom. The van der Waals surface area contributed by atoms with Crippen LogP contribution in [0, 0.1) is 36.4 Å². The number of rotatable bonds is 7. The molecule has 2 aromatic carbocycles. The van der Waals surface area contributed by atoms with E-state index in [-0.39, 0.29) is 28.7 Å². The second kappa shape index (κ2) is 11.7. The normalized spacial score (nSPS) is 17.6. The largest absolute Gasteiger partial charge is 0.451 e. The Hall–Kier alpha value is -4.23. The molecule has 1 fully saturated rings. The van der Waals surface area contributed by atoms with Gasteiger partial charge in [-0.15, -0.1) is 0 Å². The van der Waals surface area contributed by atoms with E-state index < -0.39 is 40.7 Å². The summed E-state index contributed by atoms with van der Waals surface area (Å²) in [5.41, 5.74) is -0.358. The molecule has 1 aliphatic heterocycles. The Kier molecular flexibility index (Phi) is 8.50. The van der Waals surface area contributed by atoms with Crippen LogP contribution in [-0.2, 0) is 4.79 Å². The van der Waals surface area contributed by atoms with E-state index in [1.807, 2.05) is 6.07 Å². The quantitative estimate of drug-likeness (QED) is 0.387. The molecular formula is C30H31ClFN5O4. The Morgan fingerprint density at radius 2 is 1.95 bits per heavy atom. The molecule has 0 spiro atoms.